The molecule has 7 rings (SSSR count). The zero-order chi connectivity index (χ0) is 21.9. The van der Waals surface area contributed by atoms with E-state index in [2.05, 4.69) is 83.4 Å². The van der Waals surface area contributed by atoms with Crippen molar-refractivity contribution in [1.82, 2.24) is 4.57 Å². The monoisotopic (exact) mass is 444 g/mol. The first kappa shape index (κ1) is 19.0. The van der Waals surface area contributed by atoms with Crippen LogP contribution in [0.4, 0.5) is 5.69 Å². The molecule has 33 heavy (non-hydrogen) atoms. The number of nitrogens with two attached hydrogens (primary N) is 1. The van der Waals surface area contributed by atoms with Crippen molar-refractivity contribution in [3.8, 4) is 16.8 Å². The molecule has 0 spiro atoms. The first-order chi connectivity index (χ1) is 16.3. The van der Waals surface area contributed by atoms with Crippen molar-refractivity contribution >= 4 is 48.9 Å². The molecule has 0 unspecified atom stereocenters. The molecule has 0 saturated heterocycles. The van der Waals surface area contributed by atoms with Gasteiger partial charge in [-0.15, -0.1) is 11.3 Å². The lowest BCUT2D eigenvalue weighted by Gasteiger charge is -2.16. The minimum Gasteiger partial charge on any atom is -0.398 e. The maximum atomic E-state index is 6.68. The summed E-state index contributed by atoms with van der Waals surface area (Å²) in [5.74, 6) is 0. The molecular weight excluding hydrogens is 420 g/mol. The zero-order valence-corrected chi connectivity index (χ0v) is 19.2. The first-order valence-corrected chi connectivity index (χ1v) is 12.5. The molecule has 0 aliphatic heterocycles. The SMILES string of the molecule is Nc1cccc(-n2c3ccccc3c3ccccc32)c1-c1ccc2c3c(sc2c1)CCCC3. The lowest BCUT2D eigenvalue weighted by atomic mass is 9.94. The van der Waals surface area contributed by atoms with Crippen LogP contribution in [0, 0.1) is 0 Å². The number of benzene rings is 4. The number of aromatic nitrogens is 1. The van der Waals surface area contributed by atoms with Crippen LogP contribution in [-0.4, -0.2) is 4.57 Å². The highest BCUT2D eigenvalue weighted by atomic mass is 32.1. The maximum absolute atomic E-state index is 6.68. The van der Waals surface area contributed by atoms with E-state index < -0.39 is 0 Å². The average molecular weight is 445 g/mol. The highest BCUT2D eigenvalue weighted by molar-refractivity contribution is 7.19. The molecule has 1 aliphatic rings. The molecule has 0 radical (unpaired) electrons. The molecule has 0 atom stereocenters. The van der Waals surface area contributed by atoms with Gasteiger partial charge in [-0.25, -0.2) is 0 Å². The van der Waals surface area contributed by atoms with E-state index in [1.807, 2.05) is 17.4 Å². The zero-order valence-electron chi connectivity index (χ0n) is 18.3. The lowest BCUT2D eigenvalue weighted by molar-refractivity contribution is 0.700. The maximum Gasteiger partial charge on any atom is 0.0561 e. The van der Waals surface area contributed by atoms with Gasteiger partial charge in [0.1, 0.15) is 0 Å². The Bertz CT molecular complexity index is 1630. The van der Waals surface area contributed by atoms with Crippen molar-refractivity contribution in [2.45, 2.75) is 25.7 Å². The van der Waals surface area contributed by atoms with Gasteiger partial charge in [-0.3, -0.25) is 0 Å². The third kappa shape index (κ3) is 2.79. The number of thiophene rings is 1. The normalized spacial score (nSPS) is 13.7. The highest BCUT2D eigenvalue weighted by Gasteiger charge is 2.19. The van der Waals surface area contributed by atoms with Crippen molar-refractivity contribution in [3.63, 3.8) is 0 Å². The Kier molecular flexibility index (Phi) is 4.15. The molecule has 2 aromatic heterocycles. The third-order valence-corrected chi connectivity index (χ3v) is 8.40. The van der Waals surface area contributed by atoms with Crippen molar-refractivity contribution in [2.24, 2.45) is 0 Å². The molecule has 0 fully saturated rings. The van der Waals surface area contributed by atoms with Crippen LogP contribution in [-0.2, 0) is 12.8 Å². The Labute approximate surface area is 196 Å². The van der Waals surface area contributed by atoms with E-state index in [9.17, 15) is 0 Å². The number of anilines is 1. The van der Waals surface area contributed by atoms with E-state index in [0.29, 0.717) is 0 Å². The van der Waals surface area contributed by atoms with Gasteiger partial charge in [0.2, 0.25) is 0 Å². The van der Waals surface area contributed by atoms with E-state index >= 15 is 0 Å². The largest absolute Gasteiger partial charge is 0.398 e. The summed E-state index contributed by atoms with van der Waals surface area (Å²) in [5, 5.41) is 3.97. The summed E-state index contributed by atoms with van der Waals surface area (Å²) in [6.45, 7) is 0. The minimum atomic E-state index is 0.815. The van der Waals surface area contributed by atoms with Gasteiger partial charge in [-0.05, 0) is 72.5 Å². The Morgan fingerprint density at radius 3 is 2.21 bits per heavy atom. The van der Waals surface area contributed by atoms with E-state index in [4.69, 9.17) is 5.73 Å². The fraction of sp³-hybridized carbons (Fsp3) is 0.133. The molecule has 0 amide bonds. The molecule has 6 aromatic rings. The van der Waals surface area contributed by atoms with Crippen LogP contribution in [0.2, 0.25) is 0 Å². The first-order valence-electron chi connectivity index (χ1n) is 11.7. The second-order valence-electron chi connectivity index (χ2n) is 9.03. The van der Waals surface area contributed by atoms with Crippen LogP contribution in [0.3, 0.4) is 0 Å². The van der Waals surface area contributed by atoms with Gasteiger partial charge in [-0.2, -0.15) is 0 Å². The summed E-state index contributed by atoms with van der Waals surface area (Å²) in [5.41, 5.74) is 14.9. The molecule has 3 heteroatoms. The fourth-order valence-electron chi connectivity index (χ4n) is 5.66. The van der Waals surface area contributed by atoms with Gasteiger partial charge in [0.25, 0.3) is 0 Å². The molecule has 1 aliphatic carbocycles. The minimum absolute atomic E-state index is 0.815. The summed E-state index contributed by atoms with van der Waals surface area (Å²) >= 11 is 1.98. The molecule has 4 aromatic carbocycles. The Morgan fingerprint density at radius 2 is 1.42 bits per heavy atom. The predicted octanol–water partition coefficient (Wildman–Crippen LogP) is 8.13. The van der Waals surface area contributed by atoms with Crippen LogP contribution in [0.15, 0.2) is 84.9 Å². The summed E-state index contributed by atoms with van der Waals surface area (Å²) < 4.78 is 3.76. The number of hydrogen-bond acceptors (Lipinski definition) is 2. The van der Waals surface area contributed by atoms with Crippen LogP contribution >= 0.6 is 11.3 Å². The number of nitrogens with zero attached hydrogens (tertiary/aromatic N) is 1. The third-order valence-electron chi connectivity index (χ3n) is 7.14. The Hall–Kier alpha value is -3.56. The number of fused-ring (bicyclic) bond motifs is 6. The van der Waals surface area contributed by atoms with Crippen LogP contribution in [0.5, 0.6) is 0 Å². The van der Waals surface area contributed by atoms with Gasteiger partial charge in [0.15, 0.2) is 0 Å². The summed E-state index contributed by atoms with van der Waals surface area (Å²) in [6, 6.07) is 30.6. The van der Waals surface area contributed by atoms with Gasteiger partial charge >= 0.3 is 0 Å². The predicted molar refractivity (Wildman–Crippen MR) is 143 cm³/mol. The van der Waals surface area contributed by atoms with Crippen LogP contribution in [0.25, 0.3) is 48.7 Å². The molecule has 2 nitrogen and oxygen atoms in total. The van der Waals surface area contributed by atoms with Crippen molar-refractivity contribution in [1.29, 1.82) is 0 Å². The molecule has 0 saturated carbocycles. The Balaban J connectivity index is 1.52. The van der Waals surface area contributed by atoms with E-state index in [1.165, 1.54) is 63.1 Å². The lowest BCUT2D eigenvalue weighted by Crippen LogP contribution is -2.00. The standard InChI is InChI=1S/C30H24N2S/c31-24-11-7-14-27(32-25-12-4-1-8-20(25)21-9-2-5-13-26(21)32)30(24)19-16-17-23-22-10-3-6-15-28(22)33-29(23)18-19/h1-2,4-5,7-9,11-14,16-18H,3,6,10,15,31H2. The van der Waals surface area contributed by atoms with Crippen molar-refractivity contribution < 1.29 is 0 Å². The molecular formula is C30H24N2S. The smallest absolute Gasteiger partial charge is 0.0561 e. The number of hydrogen-bond donors (Lipinski definition) is 1. The van der Waals surface area contributed by atoms with E-state index in [0.717, 1.165) is 16.9 Å². The number of aryl methyl sites for hydroxylation is 2. The van der Waals surface area contributed by atoms with Crippen LogP contribution < -0.4 is 5.73 Å². The number of nitrogen functional groups attached to an aromatic ring is 1. The number of rotatable bonds is 2. The topological polar surface area (TPSA) is 30.9 Å². The summed E-state index contributed by atoms with van der Waals surface area (Å²) in [7, 11) is 0. The van der Waals surface area contributed by atoms with Crippen molar-refractivity contribution in [2.75, 3.05) is 5.73 Å². The van der Waals surface area contributed by atoms with E-state index in [1.54, 1.807) is 10.4 Å². The Morgan fingerprint density at radius 1 is 0.697 bits per heavy atom. The fourth-order valence-corrected chi connectivity index (χ4v) is 6.99. The second kappa shape index (κ2) is 7.23. The second-order valence-corrected chi connectivity index (χ2v) is 10.2. The molecule has 0 bridgehead atoms. The summed E-state index contributed by atoms with van der Waals surface area (Å²) in [4.78, 5) is 1.58. The molecule has 160 valence electrons. The quantitative estimate of drug-likeness (QED) is 0.269. The van der Waals surface area contributed by atoms with E-state index in [-0.39, 0.29) is 0 Å². The van der Waals surface area contributed by atoms with Gasteiger partial charge in [0.05, 0.1) is 16.7 Å². The van der Waals surface area contributed by atoms with Gasteiger partial charge in [0, 0.05) is 31.6 Å². The molecule has 2 N–H and O–H groups in total. The van der Waals surface area contributed by atoms with Crippen LogP contribution in [0.1, 0.15) is 23.3 Å². The van der Waals surface area contributed by atoms with Gasteiger partial charge < -0.3 is 10.3 Å². The van der Waals surface area contributed by atoms with Gasteiger partial charge in [-0.1, -0.05) is 54.6 Å². The summed E-state index contributed by atoms with van der Waals surface area (Å²) in [6.07, 6.45) is 5.07. The number of para-hydroxylation sites is 2. The average Bonchev–Trinajstić information content (AvgIpc) is 3.39. The van der Waals surface area contributed by atoms with Crippen molar-refractivity contribution in [3.05, 3.63) is 95.4 Å². The highest BCUT2D eigenvalue weighted by Crippen LogP contribution is 2.42. The molecule has 2 heterocycles.